The standard InChI is InChI=1S/C12H26O2/c1-11(2)7-6-8-12(3,9-13-4)10-14-5/h11H,6-10H2,1-5H3. The van der Waals surface area contributed by atoms with Crippen LogP contribution in [0, 0.1) is 11.3 Å². The van der Waals surface area contributed by atoms with Crippen molar-refractivity contribution in [2.24, 2.45) is 11.3 Å². The van der Waals surface area contributed by atoms with Crippen LogP contribution in [0.5, 0.6) is 0 Å². The van der Waals surface area contributed by atoms with Crippen LogP contribution < -0.4 is 0 Å². The molecule has 0 unspecified atom stereocenters. The number of ether oxygens (including phenoxy) is 2. The summed E-state index contributed by atoms with van der Waals surface area (Å²) in [6.07, 6.45) is 3.75. The van der Waals surface area contributed by atoms with E-state index in [2.05, 4.69) is 20.8 Å². The molecular weight excluding hydrogens is 176 g/mol. The summed E-state index contributed by atoms with van der Waals surface area (Å²) in [4.78, 5) is 0. The molecular formula is C12H26O2. The summed E-state index contributed by atoms with van der Waals surface area (Å²) in [7, 11) is 3.52. The van der Waals surface area contributed by atoms with Crippen LogP contribution in [0.15, 0.2) is 0 Å². The molecule has 0 N–H and O–H groups in total. The van der Waals surface area contributed by atoms with Gasteiger partial charge in [0.25, 0.3) is 0 Å². The molecule has 0 amide bonds. The number of hydrogen-bond donors (Lipinski definition) is 0. The van der Waals surface area contributed by atoms with E-state index < -0.39 is 0 Å². The van der Waals surface area contributed by atoms with Gasteiger partial charge in [-0.2, -0.15) is 0 Å². The van der Waals surface area contributed by atoms with E-state index in [-0.39, 0.29) is 5.41 Å². The van der Waals surface area contributed by atoms with Crippen molar-refractivity contribution in [2.45, 2.75) is 40.0 Å². The second-order valence-electron chi connectivity index (χ2n) is 4.96. The van der Waals surface area contributed by atoms with Gasteiger partial charge in [-0.25, -0.2) is 0 Å². The van der Waals surface area contributed by atoms with Gasteiger partial charge in [-0.15, -0.1) is 0 Å². The highest BCUT2D eigenvalue weighted by Crippen LogP contribution is 2.25. The molecule has 0 radical (unpaired) electrons. The average molecular weight is 202 g/mol. The van der Waals surface area contributed by atoms with Crippen LogP contribution in [0.2, 0.25) is 0 Å². The summed E-state index contributed by atoms with van der Waals surface area (Å²) < 4.78 is 10.5. The Morgan fingerprint density at radius 1 is 1.07 bits per heavy atom. The number of hydrogen-bond acceptors (Lipinski definition) is 2. The first-order valence-electron chi connectivity index (χ1n) is 5.52. The molecule has 14 heavy (non-hydrogen) atoms. The van der Waals surface area contributed by atoms with E-state index in [9.17, 15) is 0 Å². The minimum Gasteiger partial charge on any atom is -0.384 e. The van der Waals surface area contributed by atoms with Crippen LogP contribution in [0.3, 0.4) is 0 Å². The Kier molecular flexibility index (Phi) is 7.20. The summed E-state index contributed by atoms with van der Waals surface area (Å²) in [5, 5.41) is 0. The Morgan fingerprint density at radius 3 is 1.93 bits per heavy atom. The number of methoxy groups -OCH3 is 2. The Bertz CT molecular complexity index is 126. The molecule has 0 heterocycles. The lowest BCUT2D eigenvalue weighted by Gasteiger charge is -2.28. The van der Waals surface area contributed by atoms with Crippen molar-refractivity contribution >= 4 is 0 Å². The predicted molar refractivity (Wildman–Crippen MR) is 60.5 cm³/mol. The molecule has 0 aliphatic carbocycles. The topological polar surface area (TPSA) is 18.5 Å². The van der Waals surface area contributed by atoms with Gasteiger partial charge in [-0.3, -0.25) is 0 Å². The zero-order valence-corrected chi connectivity index (χ0v) is 10.4. The maximum Gasteiger partial charge on any atom is 0.0538 e. The Balaban J connectivity index is 3.83. The van der Waals surface area contributed by atoms with Crippen LogP contribution in [-0.4, -0.2) is 27.4 Å². The lowest BCUT2D eigenvalue weighted by molar-refractivity contribution is 0.0147. The van der Waals surface area contributed by atoms with Gasteiger partial charge in [0.1, 0.15) is 0 Å². The third-order valence-corrected chi connectivity index (χ3v) is 2.55. The fourth-order valence-corrected chi connectivity index (χ4v) is 1.82. The van der Waals surface area contributed by atoms with Gasteiger partial charge in [0.05, 0.1) is 13.2 Å². The van der Waals surface area contributed by atoms with Crippen LogP contribution in [0.1, 0.15) is 40.0 Å². The fourth-order valence-electron chi connectivity index (χ4n) is 1.82. The average Bonchev–Trinajstić information content (AvgIpc) is 2.03. The van der Waals surface area contributed by atoms with Crippen LogP contribution in [0.4, 0.5) is 0 Å². The summed E-state index contributed by atoms with van der Waals surface area (Å²) >= 11 is 0. The van der Waals surface area contributed by atoms with Gasteiger partial charge in [-0.05, 0) is 12.3 Å². The van der Waals surface area contributed by atoms with Gasteiger partial charge >= 0.3 is 0 Å². The monoisotopic (exact) mass is 202 g/mol. The Labute approximate surface area is 89.0 Å². The maximum atomic E-state index is 5.24. The van der Waals surface area contributed by atoms with Gasteiger partial charge < -0.3 is 9.47 Å². The third kappa shape index (κ3) is 6.39. The van der Waals surface area contributed by atoms with E-state index >= 15 is 0 Å². The molecule has 0 atom stereocenters. The first-order chi connectivity index (χ1) is 6.54. The van der Waals surface area contributed by atoms with Crippen molar-refractivity contribution in [3.05, 3.63) is 0 Å². The first kappa shape index (κ1) is 13.9. The highest BCUT2D eigenvalue weighted by Gasteiger charge is 2.23. The molecule has 0 spiro atoms. The molecule has 0 bridgehead atoms. The quantitative estimate of drug-likeness (QED) is 0.602. The summed E-state index contributed by atoms with van der Waals surface area (Å²) in [5.74, 6) is 0.796. The lowest BCUT2D eigenvalue weighted by atomic mass is 9.85. The molecule has 0 saturated carbocycles. The summed E-state index contributed by atoms with van der Waals surface area (Å²) in [5.41, 5.74) is 0.193. The highest BCUT2D eigenvalue weighted by atomic mass is 16.5. The first-order valence-corrected chi connectivity index (χ1v) is 5.52. The van der Waals surface area contributed by atoms with Gasteiger partial charge in [0.15, 0.2) is 0 Å². The zero-order valence-electron chi connectivity index (χ0n) is 10.4. The normalized spacial score (nSPS) is 12.4. The molecule has 86 valence electrons. The second-order valence-corrected chi connectivity index (χ2v) is 4.96. The molecule has 2 heteroatoms. The van der Waals surface area contributed by atoms with Gasteiger partial charge in [-0.1, -0.05) is 33.6 Å². The minimum absolute atomic E-state index is 0.193. The summed E-state index contributed by atoms with van der Waals surface area (Å²) in [6, 6.07) is 0. The predicted octanol–water partition coefficient (Wildman–Crippen LogP) is 3.11. The maximum absolute atomic E-state index is 5.24. The molecule has 0 fully saturated rings. The van der Waals surface area contributed by atoms with Crippen LogP contribution >= 0.6 is 0 Å². The second kappa shape index (κ2) is 7.24. The van der Waals surface area contributed by atoms with Crippen LogP contribution in [0.25, 0.3) is 0 Å². The number of rotatable bonds is 8. The van der Waals surface area contributed by atoms with Gasteiger partial charge in [0, 0.05) is 19.6 Å². The van der Waals surface area contributed by atoms with E-state index in [1.807, 2.05) is 0 Å². The third-order valence-electron chi connectivity index (χ3n) is 2.55. The van der Waals surface area contributed by atoms with E-state index in [0.29, 0.717) is 0 Å². The van der Waals surface area contributed by atoms with Crippen LogP contribution in [-0.2, 0) is 9.47 Å². The van der Waals surface area contributed by atoms with Crippen molar-refractivity contribution in [2.75, 3.05) is 27.4 Å². The molecule has 0 aliphatic rings. The minimum atomic E-state index is 0.193. The summed E-state index contributed by atoms with van der Waals surface area (Å²) in [6.45, 7) is 8.35. The molecule has 0 rings (SSSR count). The van der Waals surface area contributed by atoms with Gasteiger partial charge in [0.2, 0.25) is 0 Å². The van der Waals surface area contributed by atoms with E-state index in [1.165, 1.54) is 19.3 Å². The largest absolute Gasteiger partial charge is 0.384 e. The molecule has 0 aromatic rings. The van der Waals surface area contributed by atoms with E-state index in [0.717, 1.165) is 19.1 Å². The molecule has 0 aromatic carbocycles. The highest BCUT2D eigenvalue weighted by molar-refractivity contribution is 4.73. The lowest BCUT2D eigenvalue weighted by Crippen LogP contribution is -2.28. The Hall–Kier alpha value is -0.0800. The molecule has 0 saturated heterocycles. The van der Waals surface area contributed by atoms with Crippen molar-refractivity contribution < 1.29 is 9.47 Å². The van der Waals surface area contributed by atoms with Crippen molar-refractivity contribution in [3.63, 3.8) is 0 Å². The molecule has 0 aliphatic heterocycles. The SMILES string of the molecule is COCC(C)(CCCC(C)C)COC. The van der Waals surface area contributed by atoms with E-state index in [1.54, 1.807) is 14.2 Å². The fraction of sp³-hybridized carbons (Fsp3) is 1.00. The Morgan fingerprint density at radius 2 is 1.57 bits per heavy atom. The van der Waals surface area contributed by atoms with Crippen molar-refractivity contribution in [3.8, 4) is 0 Å². The smallest absolute Gasteiger partial charge is 0.0538 e. The molecule has 0 aromatic heterocycles. The molecule has 2 nitrogen and oxygen atoms in total. The van der Waals surface area contributed by atoms with E-state index in [4.69, 9.17) is 9.47 Å². The zero-order chi connectivity index (χ0) is 11.0. The van der Waals surface area contributed by atoms with Crippen molar-refractivity contribution in [1.82, 2.24) is 0 Å². The van der Waals surface area contributed by atoms with Crippen molar-refractivity contribution in [1.29, 1.82) is 0 Å².